The van der Waals surface area contributed by atoms with Crippen LogP contribution in [-0.4, -0.2) is 30.2 Å². The lowest BCUT2D eigenvalue weighted by Gasteiger charge is -2.18. The van der Waals surface area contributed by atoms with E-state index in [0.29, 0.717) is 23.4 Å². The number of imide groups is 1. The number of carbonyl (C=O) groups is 4. The van der Waals surface area contributed by atoms with Gasteiger partial charge in [0.2, 0.25) is 11.8 Å². The number of hydrogen-bond donors (Lipinski definition) is 0. The predicted molar refractivity (Wildman–Crippen MR) is 110 cm³/mol. The highest BCUT2D eigenvalue weighted by atomic mass is 35.5. The zero-order valence-electron chi connectivity index (χ0n) is 15.9. The molecule has 0 bridgehead atoms. The maximum absolute atomic E-state index is 12.9. The van der Waals surface area contributed by atoms with E-state index in [-0.39, 0.29) is 28.8 Å². The number of Topliss-reactive ketones (excluding diaryl/α,β-unsaturated/α-hetero) is 1. The third-order valence-electron chi connectivity index (χ3n) is 5.37. The van der Waals surface area contributed by atoms with Gasteiger partial charge in [-0.1, -0.05) is 35.9 Å². The molecule has 4 rings (SSSR count). The average Bonchev–Trinajstić information content (AvgIpc) is 3.02. The van der Waals surface area contributed by atoms with Crippen molar-refractivity contribution in [3.8, 4) is 0 Å². The summed E-state index contributed by atoms with van der Waals surface area (Å²) in [7, 11) is 0. The van der Waals surface area contributed by atoms with E-state index < -0.39 is 24.4 Å². The minimum Gasteiger partial charge on any atom is -0.454 e. The van der Waals surface area contributed by atoms with Crippen LogP contribution in [0.4, 0.5) is 5.69 Å². The van der Waals surface area contributed by atoms with Gasteiger partial charge in [-0.25, -0.2) is 9.69 Å². The van der Waals surface area contributed by atoms with Crippen molar-refractivity contribution in [3.05, 3.63) is 76.8 Å². The molecule has 1 aliphatic heterocycles. The molecular formula is C23H18ClNO5. The Hall–Kier alpha value is -3.25. The van der Waals surface area contributed by atoms with Crippen LogP contribution in [0.2, 0.25) is 5.02 Å². The largest absolute Gasteiger partial charge is 0.454 e. The predicted octanol–water partition coefficient (Wildman–Crippen LogP) is 3.84. The molecule has 2 aliphatic rings. The molecule has 2 amide bonds. The number of nitrogens with zero attached hydrogens (tertiary/aromatic N) is 1. The number of ketones is 1. The van der Waals surface area contributed by atoms with E-state index in [1.165, 1.54) is 12.1 Å². The molecule has 0 unspecified atom stereocenters. The van der Waals surface area contributed by atoms with Crippen molar-refractivity contribution in [2.75, 3.05) is 11.5 Å². The third kappa shape index (κ3) is 3.66. The molecule has 0 radical (unpaired) electrons. The molecule has 6 nitrogen and oxygen atoms in total. The molecular weight excluding hydrogens is 406 g/mol. The first-order valence-corrected chi connectivity index (χ1v) is 9.93. The van der Waals surface area contributed by atoms with E-state index in [1.54, 1.807) is 36.4 Å². The van der Waals surface area contributed by atoms with Crippen molar-refractivity contribution in [1.82, 2.24) is 0 Å². The number of anilines is 1. The van der Waals surface area contributed by atoms with Crippen molar-refractivity contribution in [1.29, 1.82) is 0 Å². The molecule has 30 heavy (non-hydrogen) atoms. The fourth-order valence-electron chi connectivity index (χ4n) is 3.81. The summed E-state index contributed by atoms with van der Waals surface area (Å²) in [5.41, 5.74) is 0.613. The summed E-state index contributed by atoms with van der Waals surface area (Å²) in [6.45, 7) is -0.466. The number of hydrogen-bond acceptors (Lipinski definition) is 5. The second-order valence-corrected chi connectivity index (χ2v) is 7.63. The fourth-order valence-corrected chi connectivity index (χ4v) is 3.93. The van der Waals surface area contributed by atoms with Gasteiger partial charge in [0.05, 0.1) is 23.1 Å². The molecule has 7 heteroatoms. The van der Waals surface area contributed by atoms with Gasteiger partial charge in [0, 0.05) is 10.6 Å². The van der Waals surface area contributed by atoms with E-state index in [2.05, 4.69) is 0 Å². The number of benzene rings is 2. The lowest BCUT2D eigenvalue weighted by atomic mass is 9.85. The lowest BCUT2D eigenvalue weighted by molar-refractivity contribution is -0.122. The Bertz CT molecular complexity index is 1030. The molecule has 0 N–H and O–H groups in total. The van der Waals surface area contributed by atoms with Crippen LogP contribution in [0, 0.1) is 11.8 Å². The van der Waals surface area contributed by atoms with Gasteiger partial charge in [0.15, 0.2) is 12.4 Å². The summed E-state index contributed by atoms with van der Waals surface area (Å²) >= 11 is 5.81. The van der Waals surface area contributed by atoms with E-state index in [1.807, 2.05) is 12.2 Å². The first kappa shape index (κ1) is 20.0. The van der Waals surface area contributed by atoms with Crippen LogP contribution >= 0.6 is 11.6 Å². The van der Waals surface area contributed by atoms with Gasteiger partial charge in [-0.2, -0.15) is 0 Å². The van der Waals surface area contributed by atoms with Gasteiger partial charge in [-0.15, -0.1) is 0 Å². The highest BCUT2D eigenvalue weighted by Gasteiger charge is 2.48. The smallest absolute Gasteiger partial charge is 0.340 e. The number of amides is 2. The van der Waals surface area contributed by atoms with Gasteiger partial charge in [0.25, 0.3) is 0 Å². The molecule has 2 aromatic carbocycles. The lowest BCUT2D eigenvalue weighted by Crippen LogP contribution is -2.32. The Balaban J connectivity index is 1.52. The van der Waals surface area contributed by atoms with Crippen molar-refractivity contribution < 1.29 is 23.9 Å². The van der Waals surface area contributed by atoms with Crippen LogP contribution < -0.4 is 4.90 Å². The molecule has 1 fully saturated rings. The van der Waals surface area contributed by atoms with Crippen molar-refractivity contribution in [3.63, 3.8) is 0 Å². The average molecular weight is 424 g/mol. The molecule has 2 atom stereocenters. The van der Waals surface area contributed by atoms with Crippen molar-refractivity contribution in [2.45, 2.75) is 12.8 Å². The van der Waals surface area contributed by atoms with E-state index in [0.717, 1.165) is 4.90 Å². The van der Waals surface area contributed by atoms with Crippen LogP contribution in [0.1, 0.15) is 33.6 Å². The summed E-state index contributed by atoms with van der Waals surface area (Å²) in [6, 6.07) is 12.5. The summed E-state index contributed by atoms with van der Waals surface area (Å²) < 4.78 is 5.18. The Labute approximate surface area is 178 Å². The molecule has 0 spiro atoms. The molecule has 0 aromatic heterocycles. The highest BCUT2D eigenvalue weighted by molar-refractivity contribution is 6.30. The van der Waals surface area contributed by atoms with Crippen LogP contribution in [0.25, 0.3) is 0 Å². The normalized spacial score (nSPS) is 20.2. The molecule has 1 heterocycles. The molecule has 0 saturated carbocycles. The maximum atomic E-state index is 12.9. The maximum Gasteiger partial charge on any atom is 0.340 e. The zero-order valence-corrected chi connectivity index (χ0v) is 16.7. The number of ether oxygens (including phenoxy) is 1. The first-order valence-electron chi connectivity index (χ1n) is 9.55. The van der Waals surface area contributed by atoms with Crippen LogP contribution in [0.5, 0.6) is 0 Å². The summed E-state index contributed by atoms with van der Waals surface area (Å²) in [5, 5.41) is 0.494. The summed E-state index contributed by atoms with van der Waals surface area (Å²) in [5.74, 6) is -2.60. The monoisotopic (exact) mass is 423 g/mol. The molecule has 1 saturated heterocycles. The minimum atomic E-state index is -0.776. The van der Waals surface area contributed by atoms with Crippen LogP contribution in [-0.2, 0) is 14.3 Å². The second kappa shape index (κ2) is 8.24. The number of carbonyl (C=O) groups excluding carboxylic acids is 4. The van der Waals surface area contributed by atoms with E-state index in [9.17, 15) is 19.2 Å². The SMILES string of the molecule is O=C(COC(=O)c1ccccc1N1C(=O)[C@H]2CC=CC[C@@H]2C1=O)c1ccc(Cl)cc1. The number of halogens is 1. The third-order valence-corrected chi connectivity index (χ3v) is 5.62. The van der Waals surface area contributed by atoms with Gasteiger partial charge >= 0.3 is 5.97 Å². The van der Waals surface area contributed by atoms with Crippen molar-refractivity contribution >= 4 is 40.9 Å². The first-order chi connectivity index (χ1) is 14.5. The quantitative estimate of drug-likeness (QED) is 0.316. The molecule has 2 aromatic rings. The minimum absolute atomic E-state index is 0.0645. The topological polar surface area (TPSA) is 80.8 Å². The second-order valence-electron chi connectivity index (χ2n) is 7.19. The Morgan fingerprint density at radius 3 is 2.17 bits per heavy atom. The van der Waals surface area contributed by atoms with E-state index in [4.69, 9.17) is 16.3 Å². The Kier molecular flexibility index (Phi) is 5.50. The summed E-state index contributed by atoms with van der Waals surface area (Å²) in [4.78, 5) is 51.7. The number of para-hydroxylation sites is 1. The number of fused-ring (bicyclic) bond motifs is 1. The van der Waals surface area contributed by atoms with Gasteiger partial charge < -0.3 is 4.74 Å². The van der Waals surface area contributed by atoms with Crippen LogP contribution in [0.3, 0.4) is 0 Å². The zero-order chi connectivity index (χ0) is 21.3. The molecule has 1 aliphatic carbocycles. The Morgan fingerprint density at radius 1 is 0.933 bits per heavy atom. The summed E-state index contributed by atoms with van der Waals surface area (Å²) in [6.07, 6.45) is 4.82. The number of allylic oxidation sites excluding steroid dienone is 2. The fraction of sp³-hybridized carbons (Fsp3) is 0.217. The Morgan fingerprint density at radius 2 is 1.53 bits per heavy atom. The van der Waals surface area contributed by atoms with Gasteiger partial charge in [-0.05, 0) is 49.2 Å². The van der Waals surface area contributed by atoms with Crippen molar-refractivity contribution in [2.24, 2.45) is 11.8 Å². The standard InChI is InChI=1S/C23H18ClNO5/c24-15-11-9-14(10-12-15)20(26)13-30-23(29)18-7-3-4-8-19(18)25-21(27)16-5-1-2-6-17(16)22(25)28/h1-4,7-12,16-17H,5-6,13H2/t16-,17-/m0/s1. The van der Waals surface area contributed by atoms with Gasteiger partial charge in [-0.3, -0.25) is 14.4 Å². The number of esters is 1. The van der Waals surface area contributed by atoms with E-state index >= 15 is 0 Å². The number of rotatable bonds is 5. The van der Waals surface area contributed by atoms with Crippen LogP contribution in [0.15, 0.2) is 60.7 Å². The highest BCUT2D eigenvalue weighted by Crippen LogP contribution is 2.38. The van der Waals surface area contributed by atoms with Gasteiger partial charge in [0.1, 0.15) is 0 Å². The molecule has 152 valence electrons.